The SMILES string of the molecule is CN=C(NCCCOc1cccc(OC)c1)N1CCN(CC(=O)NC(C)C)CC1.I. The Hall–Kier alpha value is -1.75. The fourth-order valence-corrected chi connectivity index (χ4v) is 3.17. The Bertz CT molecular complexity index is 664. The van der Waals surface area contributed by atoms with Crippen LogP contribution in [0, 0.1) is 0 Å². The van der Waals surface area contributed by atoms with Crippen molar-refractivity contribution in [1.29, 1.82) is 0 Å². The van der Waals surface area contributed by atoms with Crippen molar-refractivity contribution in [2.75, 3.05) is 60.0 Å². The van der Waals surface area contributed by atoms with Crippen molar-refractivity contribution in [1.82, 2.24) is 20.4 Å². The normalized spacial score (nSPS) is 14.8. The van der Waals surface area contributed by atoms with Crippen molar-refractivity contribution in [3.63, 3.8) is 0 Å². The third-order valence-corrected chi connectivity index (χ3v) is 4.61. The predicted octanol–water partition coefficient (Wildman–Crippen LogP) is 1.80. The number of ether oxygens (including phenoxy) is 2. The van der Waals surface area contributed by atoms with Crippen LogP contribution in [0.25, 0.3) is 0 Å². The number of nitrogens with one attached hydrogen (secondary N) is 2. The first kappa shape index (κ1) is 26.3. The molecule has 30 heavy (non-hydrogen) atoms. The molecule has 0 radical (unpaired) electrons. The second-order valence-electron chi connectivity index (χ2n) is 7.34. The van der Waals surface area contributed by atoms with E-state index in [1.54, 1.807) is 14.2 Å². The van der Waals surface area contributed by atoms with Crippen molar-refractivity contribution < 1.29 is 14.3 Å². The maximum absolute atomic E-state index is 11.9. The average Bonchev–Trinajstić information content (AvgIpc) is 2.71. The highest BCUT2D eigenvalue weighted by molar-refractivity contribution is 14.0. The maximum Gasteiger partial charge on any atom is 0.234 e. The van der Waals surface area contributed by atoms with E-state index < -0.39 is 0 Å². The summed E-state index contributed by atoms with van der Waals surface area (Å²) in [5.41, 5.74) is 0. The second kappa shape index (κ2) is 14.3. The van der Waals surface area contributed by atoms with Gasteiger partial charge in [0.1, 0.15) is 11.5 Å². The van der Waals surface area contributed by atoms with Gasteiger partial charge in [0.2, 0.25) is 5.91 Å². The van der Waals surface area contributed by atoms with Gasteiger partial charge in [-0.2, -0.15) is 0 Å². The summed E-state index contributed by atoms with van der Waals surface area (Å²) in [6, 6.07) is 7.80. The summed E-state index contributed by atoms with van der Waals surface area (Å²) in [5.74, 6) is 2.60. The summed E-state index contributed by atoms with van der Waals surface area (Å²) in [6.45, 7) is 9.24. The number of halogens is 1. The number of hydrogen-bond acceptors (Lipinski definition) is 5. The fourth-order valence-electron chi connectivity index (χ4n) is 3.17. The Morgan fingerprint density at radius 1 is 1.20 bits per heavy atom. The quantitative estimate of drug-likeness (QED) is 0.218. The molecule has 0 atom stereocenters. The number of carbonyl (C=O) groups excluding carboxylic acids is 1. The van der Waals surface area contributed by atoms with Gasteiger partial charge in [0.15, 0.2) is 5.96 Å². The maximum atomic E-state index is 11.9. The minimum Gasteiger partial charge on any atom is -0.497 e. The van der Waals surface area contributed by atoms with Gasteiger partial charge < -0.3 is 25.0 Å². The lowest BCUT2D eigenvalue weighted by Crippen LogP contribution is -2.54. The first-order chi connectivity index (χ1) is 14.0. The van der Waals surface area contributed by atoms with Crippen molar-refractivity contribution in [2.45, 2.75) is 26.3 Å². The Kier molecular flexibility index (Phi) is 12.5. The van der Waals surface area contributed by atoms with E-state index in [0.717, 1.165) is 56.6 Å². The molecular formula is C21H36IN5O3. The molecule has 1 heterocycles. The Labute approximate surface area is 197 Å². The molecule has 2 rings (SSSR count). The van der Waals surface area contributed by atoms with Gasteiger partial charge in [0.05, 0.1) is 20.3 Å². The Morgan fingerprint density at radius 3 is 2.53 bits per heavy atom. The molecule has 0 bridgehead atoms. The number of guanidine groups is 1. The lowest BCUT2D eigenvalue weighted by molar-refractivity contribution is -0.123. The molecule has 1 amide bonds. The molecule has 9 heteroatoms. The number of methoxy groups -OCH3 is 1. The van der Waals surface area contributed by atoms with Crippen LogP contribution in [0.5, 0.6) is 11.5 Å². The zero-order valence-corrected chi connectivity index (χ0v) is 20.8. The molecule has 0 spiro atoms. The number of carbonyl (C=O) groups is 1. The number of hydrogen-bond donors (Lipinski definition) is 2. The molecule has 0 aliphatic carbocycles. The van der Waals surface area contributed by atoms with E-state index in [1.807, 2.05) is 38.1 Å². The topological polar surface area (TPSA) is 78.4 Å². The van der Waals surface area contributed by atoms with Crippen LogP contribution in [0.15, 0.2) is 29.3 Å². The number of piperazine rings is 1. The first-order valence-electron chi connectivity index (χ1n) is 10.3. The van der Waals surface area contributed by atoms with Gasteiger partial charge in [-0.15, -0.1) is 24.0 Å². The molecule has 2 N–H and O–H groups in total. The summed E-state index contributed by atoms with van der Waals surface area (Å²) in [7, 11) is 3.45. The predicted molar refractivity (Wildman–Crippen MR) is 131 cm³/mol. The molecule has 0 unspecified atom stereocenters. The van der Waals surface area contributed by atoms with Crippen molar-refractivity contribution in [3.8, 4) is 11.5 Å². The van der Waals surface area contributed by atoms with E-state index >= 15 is 0 Å². The van der Waals surface area contributed by atoms with Crippen LogP contribution in [0.3, 0.4) is 0 Å². The van der Waals surface area contributed by atoms with Crippen LogP contribution in [0.1, 0.15) is 20.3 Å². The summed E-state index contributed by atoms with van der Waals surface area (Å²) >= 11 is 0. The minimum atomic E-state index is 0. The zero-order chi connectivity index (χ0) is 21.1. The van der Waals surface area contributed by atoms with E-state index in [1.165, 1.54) is 0 Å². The molecule has 1 aliphatic rings. The Balaban J connectivity index is 0.00000450. The van der Waals surface area contributed by atoms with E-state index in [4.69, 9.17) is 9.47 Å². The third-order valence-electron chi connectivity index (χ3n) is 4.61. The van der Waals surface area contributed by atoms with Crippen molar-refractivity contribution in [3.05, 3.63) is 24.3 Å². The smallest absolute Gasteiger partial charge is 0.234 e. The lowest BCUT2D eigenvalue weighted by atomic mass is 10.3. The van der Waals surface area contributed by atoms with Gasteiger partial charge >= 0.3 is 0 Å². The minimum absolute atomic E-state index is 0. The van der Waals surface area contributed by atoms with Crippen molar-refractivity contribution >= 4 is 35.8 Å². The Morgan fingerprint density at radius 2 is 1.90 bits per heavy atom. The van der Waals surface area contributed by atoms with Crippen LogP contribution >= 0.6 is 24.0 Å². The number of benzene rings is 1. The zero-order valence-electron chi connectivity index (χ0n) is 18.5. The highest BCUT2D eigenvalue weighted by Crippen LogP contribution is 2.18. The van der Waals surface area contributed by atoms with Crippen LogP contribution in [0.4, 0.5) is 0 Å². The van der Waals surface area contributed by atoms with Gasteiger partial charge in [-0.25, -0.2) is 0 Å². The van der Waals surface area contributed by atoms with E-state index in [-0.39, 0.29) is 35.9 Å². The monoisotopic (exact) mass is 533 g/mol. The summed E-state index contributed by atoms with van der Waals surface area (Å²) in [5, 5.41) is 6.35. The van der Waals surface area contributed by atoms with E-state index in [0.29, 0.717) is 13.2 Å². The number of amides is 1. The standard InChI is InChI=1S/C21H35N5O3.HI/c1-17(2)24-20(27)16-25-10-12-26(13-11-25)21(22-3)23-9-6-14-29-19-8-5-7-18(15-19)28-4;/h5,7-8,15,17H,6,9-14,16H2,1-4H3,(H,22,23)(H,24,27);1H. The molecule has 1 aromatic carbocycles. The van der Waals surface area contributed by atoms with Gasteiger partial charge in [0, 0.05) is 51.9 Å². The second-order valence-corrected chi connectivity index (χ2v) is 7.34. The summed E-state index contributed by atoms with van der Waals surface area (Å²) in [6.07, 6.45) is 0.867. The number of nitrogens with zero attached hydrogens (tertiary/aromatic N) is 3. The molecule has 1 saturated heterocycles. The van der Waals surface area contributed by atoms with Crippen molar-refractivity contribution in [2.24, 2.45) is 4.99 Å². The van der Waals surface area contributed by atoms with Gasteiger partial charge in [-0.05, 0) is 32.4 Å². The molecule has 170 valence electrons. The van der Waals surface area contributed by atoms with Gasteiger partial charge in [-0.3, -0.25) is 14.7 Å². The molecule has 1 aromatic rings. The molecule has 0 aromatic heterocycles. The molecule has 0 saturated carbocycles. The summed E-state index contributed by atoms with van der Waals surface area (Å²) < 4.78 is 11.0. The third kappa shape index (κ3) is 9.38. The fraction of sp³-hybridized carbons (Fsp3) is 0.619. The number of aliphatic imine (C=N–C) groups is 1. The van der Waals surface area contributed by atoms with Crippen LogP contribution < -0.4 is 20.1 Å². The molecular weight excluding hydrogens is 497 g/mol. The van der Waals surface area contributed by atoms with Gasteiger partial charge in [-0.1, -0.05) is 6.07 Å². The first-order valence-corrected chi connectivity index (χ1v) is 10.3. The molecule has 1 fully saturated rings. The summed E-state index contributed by atoms with van der Waals surface area (Å²) in [4.78, 5) is 20.7. The van der Waals surface area contributed by atoms with Crippen LogP contribution in [-0.2, 0) is 4.79 Å². The molecule has 1 aliphatic heterocycles. The van der Waals surface area contributed by atoms with Crippen LogP contribution in [-0.4, -0.2) is 87.7 Å². The lowest BCUT2D eigenvalue weighted by Gasteiger charge is -2.36. The van der Waals surface area contributed by atoms with Crippen LogP contribution in [0.2, 0.25) is 0 Å². The van der Waals surface area contributed by atoms with Gasteiger partial charge in [0.25, 0.3) is 0 Å². The molecule has 8 nitrogen and oxygen atoms in total. The largest absolute Gasteiger partial charge is 0.497 e. The van der Waals surface area contributed by atoms with E-state index in [2.05, 4.69) is 25.4 Å². The number of rotatable bonds is 9. The highest BCUT2D eigenvalue weighted by atomic mass is 127. The highest BCUT2D eigenvalue weighted by Gasteiger charge is 2.21. The average molecular weight is 533 g/mol. The van der Waals surface area contributed by atoms with E-state index in [9.17, 15) is 4.79 Å².